The van der Waals surface area contributed by atoms with E-state index in [0.29, 0.717) is 10.9 Å². The Labute approximate surface area is 111 Å². The summed E-state index contributed by atoms with van der Waals surface area (Å²) in [5, 5.41) is 8.23. The summed E-state index contributed by atoms with van der Waals surface area (Å²) >= 11 is 1.31. The van der Waals surface area contributed by atoms with Gasteiger partial charge in [-0.15, -0.1) is 0 Å². The first kappa shape index (κ1) is 11.8. The molecule has 0 aromatic heterocycles. The second kappa shape index (κ2) is 4.76. The van der Waals surface area contributed by atoms with Gasteiger partial charge in [0.25, 0.3) is 0 Å². The molecule has 0 atom stereocenters. The number of aryl methyl sites for hydroxylation is 1. The standard InChI is InChI=1S/C14H16N2OS/c15-14-16(13(17)9-18-14)12-4-2-1-3-11(12)8-7-10-5-6-10/h1-4,10,15H,5-9H2. The van der Waals surface area contributed by atoms with Crippen LogP contribution in [0.5, 0.6) is 0 Å². The molecule has 3 rings (SSSR count). The molecule has 18 heavy (non-hydrogen) atoms. The maximum Gasteiger partial charge on any atom is 0.243 e. The van der Waals surface area contributed by atoms with Gasteiger partial charge in [-0.25, -0.2) is 0 Å². The molecule has 1 aromatic carbocycles. The molecule has 1 heterocycles. The van der Waals surface area contributed by atoms with E-state index in [9.17, 15) is 4.79 Å². The van der Waals surface area contributed by atoms with Crippen molar-refractivity contribution in [3.05, 3.63) is 29.8 Å². The largest absolute Gasteiger partial charge is 0.278 e. The van der Waals surface area contributed by atoms with Gasteiger partial charge >= 0.3 is 0 Å². The van der Waals surface area contributed by atoms with Crippen LogP contribution in [0, 0.1) is 11.3 Å². The molecular formula is C14H16N2OS. The average Bonchev–Trinajstić information content (AvgIpc) is 3.14. The van der Waals surface area contributed by atoms with E-state index < -0.39 is 0 Å². The highest BCUT2D eigenvalue weighted by Gasteiger charge is 2.30. The summed E-state index contributed by atoms with van der Waals surface area (Å²) < 4.78 is 0. The van der Waals surface area contributed by atoms with Crippen molar-refractivity contribution in [1.82, 2.24) is 0 Å². The van der Waals surface area contributed by atoms with E-state index >= 15 is 0 Å². The molecule has 1 aliphatic heterocycles. The Balaban J connectivity index is 1.85. The number of nitrogens with one attached hydrogen (secondary N) is 1. The van der Waals surface area contributed by atoms with Gasteiger partial charge in [0.05, 0.1) is 11.4 Å². The van der Waals surface area contributed by atoms with Crippen LogP contribution in [-0.2, 0) is 11.2 Å². The van der Waals surface area contributed by atoms with E-state index in [1.165, 1.54) is 36.6 Å². The van der Waals surface area contributed by atoms with E-state index in [2.05, 4.69) is 6.07 Å². The van der Waals surface area contributed by atoms with Gasteiger partial charge in [-0.3, -0.25) is 15.1 Å². The number of para-hydroxylation sites is 1. The molecule has 0 spiro atoms. The lowest BCUT2D eigenvalue weighted by Gasteiger charge is -2.18. The number of carbonyl (C=O) groups is 1. The summed E-state index contributed by atoms with van der Waals surface area (Å²) in [6.07, 6.45) is 4.94. The molecule has 4 heteroatoms. The molecule has 0 bridgehead atoms. The van der Waals surface area contributed by atoms with Gasteiger partial charge in [0.15, 0.2) is 5.17 Å². The van der Waals surface area contributed by atoms with Gasteiger partial charge in [-0.1, -0.05) is 42.8 Å². The van der Waals surface area contributed by atoms with Crippen LogP contribution in [0.2, 0.25) is 0 Å². The van der Waals surface area contributed by atoms with Crippen molar-refractivity contribution >= 4 is 28.5 Å². The molecule has 2 fully saturated rings. The van der Waals surface area contributed by atoms with Crippen molar-refractivity contribution in [3.63, 3.8) is 0 Å². The van der Waals surface area contributed by atoms with Crippen molar-refractivity contribution in [2.75, 3.05) is 10.7 Å². The molecule has 94 valence electrons. The zero-order valence-electron chi connectivity index (χ0n) is 10.2. The molecule has 1 amide bonds. The summed E-state index contributed by atoms with van der Waals surface area (Å²) in [4.78, 5) is 13.4. The Morgan fingerprint density at radius 3 is 2.78 bits per heavy atom. The topological polar surface area (TPSA) is 44.2 Å². The fraction of sp³-hybridized carbons (Fsp3) is 0.429. The number of hydrogen-bond donors (Lipinski definition) is 1. The van der Waals surface area contributed by atoms with Crippen molar-refractivity contribution in [2.45, 2.75) is 25.7 Å². The van der Waals surface area contributed by atoms with Gasteiger partial charge in [0, 0.05) is 0 Å². The van der Waals surface area contributed by atoms with Gasteiger partial charge in [-0.05, 0) is 30.4 Å². The van der Waals surface area contributed by atoms with Crippen LogP contribution in [0.4, 0.5) is 5.69 Å². The minimum Gasteiger partial charge on any atom is -0.278 e. The fourth-order valence-corrected chi connectivity index (χ4v) is 3.04. The highest BCUT2D eigenvalue weighted by atomic mass is 32.2. The predicted molar refractivity (Wildman–Crippen MR) is 75.2 cm³/mol. The second-order valence-electron chi connectivity index (χ2n) is 4.93. The third kappa shape index (κ3) is 2.29. The summed E-state index contributed by atoms with van der Waals surface area (Å²) in [7, 11) is 0. The lowest BCUT2D eigenvalue weighted by atomic mass is 10.0. The van der Waals surface area contributed by atoms with Crippen molar-refractivity contribution in [3.8, 4) is 0 Å². The number of anilines is 1. The van der Waals surface area contributed by atoms with Crippen molar-refractivity contribution < 1.29 is 4.79 Å². The number of hydrogen-bond acceptors (Lipinski definition) is 3. The number of benzene rings is 1. The number of nitrogens with zero attached hydrogens (tertiary/aromatic N) is 1. The monoisotopic (exact) mass is 260 g/mol. The molecule has 3 nitrogen and oxygen atoms in total. The predicted octanol–water partition coefficient (Wildman–Crippen LogP) is 3.04. The second-order valence-corrected chi connectivity index (χ2v) is 5.90. The van der Waals surface area contributed by atoms with Crippen LogP contribution in [-0.4, -0.2) is 16.8 Å². The van der Waals surface area contributed by atoms with Crippen LogP contribution < -0.4 is 4.90 Å². The van der Waals surface area contributed by atoms with E-state index in [-0.39, 0.29) is 5.91 Å². The Morgan fingerprint density at radius 1 is 1.33 bits per heavy atom. The SMILES string of the molecule is N=C1SCC(=O)N1c1ccccc1CCC1CC1. The Kier molecular flexibility index (Phi) is 3.12. The van der Waals surface area contributed by atoms with Crippen LogP contribution in [0.15, 0.2) is 24.3 Å². The van der Waals surface area contributed by atoms with E-state index in [4.69, 9.17) is 5.41 Å². The number of thioether (sulfide) groups is 1. The first-order chi connectivity index (χ1) is 8.75. The molecule has 0 radical (unpaired) electrons. The number of amidine groups is 1. The van der Waals surface area contributed by atoms with Gasteiger partial charge in [0.1, 0.15) is 0 Å². The highest BCUT2D eigenvalue weighted by Crippen LogP contribution is 2.35. The molecule has 1 saturated heterocycles. The van der Waals surface area contributed by atoms with E-state index in [0.717, 1.165) is 18.0 Å². The number of carbonyl (C=O) groups excluding carboxylic acids is 1. The zero-order valence-corrected chi connectivity index (χ0v) is 11.0. The number of amides is 1. The molecular weight excluding hydrogens is 244 g/mol. The zero-order chi connectivity index (χ0) is 12.5. The van der Waals surface area contributed by atoms with Crippen LogP contribution in [0.1, 0.15) is 24.8 Å². The normalized spacial score (nSPS) is 19.7. The van der Waals surface area contributed by atoms with Crippen LogP contribution >= 0.6 is 11.8 Å². The number of rotatable bonds is 4. The molecule has 1 aliphatic carbocycles. The molecule has 2 aliphatic rings. The van der Waals surface area contributed by atoms with Gasteiger partial charge < -0.3 is 0 Å². The fourth-order valence-electron chi connectivity index (χ4n) is 2.32. The summed E-state index contributed by atoms with van der Waals surface area (Å²) in [6.45, 7) is 0. The Hall–Kier alpha value is -1.29. The van der Waals surface area contributed by atoms with E-state index in [1.54, 1.807) is 4.90 Å². The Bertz CT molecular complexity index is 480. The minimum atomic E-state index is 0.0314. The average molecular weight is 260 g/mol. The maximum atomic E-state index is 11.9. The lowest BCUT2D eigenvalue weighted by Crippen LogP contribution is -2.29. The van der Waals surface area contributed by atoms with Crippen molar-refractivity contribution in [1.29, 1.82) is 5.41 Å². The molecule has 1 aromatic rings. The van der Waals surface area contributed by atoms with Crippen molar-refractivity contribution in [2.24, 2.45) is 5.92 Å². The van der Waals surface area contributed by atoms with Crippen LogP contribution in [0.3, 0.4) is 0 Å². The third-order valence-electron chi connectivity index (χ3n) is 3.54. The summed E-state index contributed by atoms with van der Waals surface area (Å²) in [6, 6.07) is 8.00. The maximum absolute atomic E-state index is 11.9. The molecule has 1 saturated carbocycles. The minimum absolute atomic E-state index is 0.0314. The summed E-state index contributed by atoms with van der Waals surface area (Å²) in [5.74, 6) is 1.32. The highest BCUT2D eigenvalue weighted by molar-refractivity contribution is 8.15. The smallest absolute Gasteiger partial charge is 0.243 e. The first-order valence-electron chi connectivity index (χ1n) is 6.38. The first-order valence-corrected chi connectivity index (χ1v) is 7.36. The quantitative estimate of drug-likeness (QED) is 0.904. The summed E-state index contributed by atoms with van der Waals surface area (Å²) in [5.41, 5.74) is 2.11. The lowest BCUT2D eigenvalue weighted by molar-refractivity contribution is -0.115. The molecule has 1 N–H and O–H groups in total. The van der Waals surface area contributed by atoms with Gasteiger partial charge in [-0.2, -0.15) is 0 Å². The van der Waals surface area contributed by atoms with E-state index in [1.807, 2.05) is 18.2 Å². The molecule has 0 unspecified atom stereocenters. The third-order valence-corrected chi connectivity index (χ3v) is 4.38. The van der Waals surface area contributed by atoms with Gasteiger partial charge in [0.2, 0.25) is 5.91 Å². The Morgan fingerprint density at radius 2 is 2.11 bits per heavy atom. The van der Waals surface area contributed by atoms with Crippen LogP contribution in [0.25, 0.3) is 0 Å².